The second-order valence-electron chi connectivity index (χ2n) is 2.60. The molecule has 0 aliphatic heterocycles. The van der Waals surface area contributed by atoms with Gasteiger partial charge in [-0.05, 0) is 46.2 Å². The molecule has 0 atom stereocenters. The van der Waals surface area contributed by atoms with E-state index in [1.807, 2.05) is 0 Å². The third-order valence-electron chi connectivity index (χ3n) is 1.60. The van der Waals surface area contributed by atoms with Crippen molar-refractivity contribution in [1.82, 2.24) is 9.36 Å². The van der Waals surface area contributed by atoms with E-state index in [1.54, 1.807) is 0 Å². The molecule has 0 N–H and O–H groups in total. The van der Waals surface area contributed by atoms with Crippen molar-refractivity contribution in [1.29, 1.82) is 0 Å². The molecular formula is C6H7BrN2S. The Balaban J connectivity index is 2.03. The SMILES string of the molecule is Brc1nsc(CC2CC2)n1. The highest BCUT2D eigenvalue weighted by molar-refractivity contribution is 9.10. The Morgan fingerprint density at radius 2 is 2.40 bits per heavy atom. The first kappa shape index (κ1) is 6.73. The van der Waals surface area contributed by atoms with Gasteiger partial charge in [0.15, 0.2) is 0 Å². The Hall–Kier alpha value is 0.0400. The molecule has 1 saturated carbocycles. The summed E-state index contributed by atoms with van der Waals surface area (Å²) < 4.78 is 4.79. The fourth-order valence-electron chi connectivity index (χ4n) is 0.886. The normalized spacial score (nSPS) is 17.7. The van der Waals surface area contributed by atoms with Crippen LogP contribution >= 0.6 is 27.5 Å². The highest BCUT2D eigenvalue weighted by atomic mass is 79.9. The van der Waals surface area contributed by atoms with Gasteiger partial charge in [0.25, 0.3) is 0 Å². The lowest BCUT2D eigenvalue weighted by molar-refractivity contribution is 0.821. The van der Waals surface area contributed by atoms with Gasteiger partial charge in [-0.3, -0.25) is 0 Å². The lowest BCUT2D eigenvalue weighted by Gasteiger charge is -1.85. The van der Waals surface area contributed by atoms with Gasteiger partial charge in [0.05, 0.1) is 0 Å². The Morgan fingerprint density at radius 1 is 1.60 bits per heavy atom. The van der Waals surface area contributed by atoms with Gasteiger partial charge in [0, 0.05) is 6.42 Å². The molecular weight excluding hydrogens is 212 g/mol. The number of nitrogens with zero attached hydrogens (tertiary/aromatic N) is 2. The third kappa shape index (κ3) is 1.55. The quantitative estimate of drug-likeness (QED) is 0.762. The van der Waals surface area contributed by atoms with E-state index in [4.69, 9.17) is 0 Å². The van der Waals surface area contributed by atoms with Gasteiger partial charge >= 0.3 is 0 Å². The van der Waals surface area contributed by atoms with Gasteiger partial charge in [-0.15, -0.1) is 0 Å². The zero-order valence-corrected chi connectivity index (χ0v) is 7.78. The first-order valence-corrected chi connectivity index (χ1v) is 4.89. The van der Waals surface area contributed by atoms with Crippen molar-refractivity contribution >= 4 is 27.5 Å². The number of halogens is 1. The van der Waals surface area contributed by atoms with E-state index in [9.17, 15) is 0 Å². The molecule has 2 rings (SSSR count). The van der Waals surface area contributed by atoms with Gasteiger partial charge in [-0.25, -0.2) is 4.98 Å². The summed E-state index contributed by atoms with van der Waals surface area (Å²) >= 11 is 4.74. The smallest absolute Gasteiger partial charge is 0.209 e. The minimum Gasteiger partial charge on any atom is -0.214 e. The summed E-state index contributed by atoms with van der Waals surface area (Å²) in [6.07, 6.45) is 3.91. The lowest BCUT2D eigenvalue weighted by atomic mass is 10.3. The van der Waals surface area contributed by atoms with Crippen molar-refractivity contribution in [2.75, 3.05) is 0 Å². The van der Waals surface area contributed by atoms with Crippen LogP contribution in [0.5, 0.6) is 0 Å². The molecule has 2 nitrogen and oxygen atoms in total. The van der Waals surface area contributed by atoms with Crippen molar-refractivity contribution in [3.63, 3.8) is 0 Å². The van der Waals surface area contributed by atoms with Crippen LogP contribution in [-0.2, 0) is 6.42 Å². The van der Waals surface area contributed by atoms with E-state index in [0.717, 1.165) is 17.1 Å². The van der Waals surface area contributed by atoms with E-state index < -0.39 is 0 Å². The monoisotopic (exact) mass is 218 g/mol. The molecule has 0 aromatic carbocycles. The lowest BCUT2D eigenvalue weighted by Crippen LogP contribution is -1.83. The maximum Gasteiger partial charge on any atom is 0.209 e. The van der Waals surface area contributed by atoms with E-state index in [-0.39, 0.29) is 0 Å². The molecule has 0 unspecified atom stereocenters. The van der Waals surface area contributed by atoms with Gasteiger partial charge in [0.1, 0.15) is 5.01 Å². The largest absolute Gasteiger partial charge is 0.214 e. The minimum absolute atomic E-state index is 0.744. The maximum absolute atomic E-state index is 4.21. The minimum atomic E-state index is 0.744. The summed E-state index contributed by atoms with van der Waals surface area (Å²) in [5.74, 6) is 0.917. The topological polar surface area (TPSA) is 25.8 Å². The molecule has 0 amide bonds. The molecule has 1 aliphatic rings. The van der Waals surface area contributed by atoms with Crippen LogP contribution in [0.15, 0.2) is 4.73 Å². The second-order valence-corrected chi connectivity index (χ2v) is 4.15. The van der Waals surface area contributed by atoms with E-state index in [1.165, 1.54) is 29.4 Å². The molecule has 54 valence electrons. The molecule has 1 aromatic heterocycles. The molecule has 1 fully saturated rings. The maximum atomic E-state index is 4.21. The highest BCUT2D eigenvalue weighted by Crippen LogP contribution is 2.33. The zero-order chi connectivity index (χ0) is 6.97. The molecule has 0 spiro atoms. The Kier molecular flexibility index (Phi) is 1.74. The van der Waals surface area contributed by atoms with Crippen LogP contribution in [0.1, 0.15) is 17.8 Å². The highest BCUT2D eigenvalue weighted by Gasteiger charge is 2.22. The zero-order valence-electron chi connectivity index (χ0n) is 5.38. The molecule has 4 heteroatoms. The predicted octanol–water partition coefficient (Wildman–Crippen LogP) is 2.25. The summed E-state index contributed by atoms with van der Waals surface area (Å²) in [5, 5.41) is 1.18. The first-order valence-electron chi connectivity index (χ1n) is 3.32. The number of rotatable bonds is 2. The Labute approximate surface area is 72.0 Å². The first-order chi connectivity index (χ1) is 4.84. The van der Waals surface area contributed by atoms with Crippen LogP contribution in [0.2, 0.25) is 0 Å². The standard InChI is InChI=1S/C6H7BrN2S/c7-6-8-5(10-9-6)3-4-1-2-4/h4H,1-3H2. The van der Waals surface area contributed by atoms with Crippen molar-refractivity contribution in [3.8, 4) is 0 Å². The summed E-state index contributed by atoms with van der Waals surface area (Å²) in [6, 6.07) is 0. The molecule has 1 heterocycles. The summed E-state index contributed by atoms with van der Waals surface area (Å²) in [7, 11) is 0. The van der Waals surface area contributed by atoms with Gasteiger partial charge < -0.3 is 0 Å². The average Bonchev–Trinajstić information content (AvgIpc) is 2.59. The fourth-order valence-corrected chi connectivity index (χ4v) is 2.09. The van der Waals surface area contributed by atoms with E-state index >= 15 is 0 Å². The van der Waals surface area contributed by atoms with Crippen molar-refractivity contribution in [2.45, 2.75) is 19.3 Å². The van der Waals surface area contributed by atoms with Crippen LogP contribution in [-0.4, -0.2) is 9.36 Å². The third-order valence-corrected chi connectivity index (χ3v) is 2.93. The van der Waals surface area contributed by atoms with Crippen molar-refractivity contribution in [2.24, 2.45) is 5.92 Å². The predicted molar refractivity (Wildman–Crippen MR) is 44.0 cm³/mol. The van der Waals surface area contributed by atoms with Gasteiger partial charge in [-0.2, -0.15) is 4.37 Å². The van der Waals surface area contributed by atoms with E-state index in [2.05, 4.69) is 25.3 Å². The molecule has 0 radical (unpaired) electrons. The van der Waals surface area contributed by atoms with Crippen LogP contribution in [0.4, 0.5) is 0 Å². The van der Waals surface area contributed by atoms with Crippen molar-refractivity contribution in [3.05, 3.63) is 9.74 Å². The molecule has 0 bridgehead atoms. The number of hydrogen-bond donors (Lipinski definition) is 0. The molecule has 10 heavy (non-hydrogen) atoms. The summed E-state index contributed by atoms with van der Waals surface area (Å²) in [4.78, 5) is 4.21. The summed E-state index contributed by atoms with van der Waals surface area (Å²) in [5.41, 5.74) is 0. The second kappa shape index (κ2) is 2.58. The average molecular weight is 219 g/mol. The van der Waals surface area contributed by atoms with Crippen LogP contribution in [0.3, 0.4) is 0 Å². The number of aromatic nitrogens is 2. The Morgan fingerprint density at radius 3 is 2.90 bits per heavy atom. The van der Waals surface area contributed by atoms with Crippen LogP contribution in [0.25, 0.3) is 0 Å². The molecule has 1 aromatic rings. The summed E-state index contributed by atoms with van der Waals surface area (Å²) in [6.45, 7) is 0. The van der Waals surface area contributed by atoms with Crippen LogP contribution in [0, 0.1) is 5.92 Å². The molecule has 1 aliphatic carbocycles. The Bertz CT molecular complexity index is 231. The van der Waals surface area contributed by atoms with E-state index in [0.29, 0.717) is 0 Å². The van der Waals surface area contributed by atoms with Crippen molar-refractivity contribution < 1.29 is 0 Å². The number of hydrogen-bond acceptors (Lipinski definition) is 3. The fraction of sp³-hybridized carbons (Fsp3) is 0.667. The van der Waals surface area contributed by atoms with Gasteiger partial charge in [-0.1, -0.05) is 0 Å². The van der Waals surface area contributed by atoms with Crippen LogP contribution < -0.4 is 0 Å². The molecule has 0 saturated heterocycles. The van der Waals surface area contributed by atoms with Gasteiger partial charge in [0.2, 0.25) is 4.73 Å².